The molecule has 0 bridgehead atoms. The predicted molar refractivity (Wildman–Crippen MR) is 135 cm³/mol. The maximum absolute atomic E-state index is 13.5. The molecular weight excluding hydrogens is 506 g/mol. The number of halogens is 1. The van der Waals surface area contributed by atoms with Crippen molar-refractivity contribution < 1.29 is 23.1 Å². The molecule has 4 rings (SSSR count). The summed E-state index contributed by atoms with van der Waals surface area (Å²) in [6.07, 6.45) is 1.24. The van der Waals surface area contributed by atoms with E-state index in [1.807, 2.05) is 12.1 Å². The molecule has 0 spiro atoms. The summed E-state index contributed by atoms with van der Waals surface area (Å²) in [6.45, 7) is 3.20. The number of aromatic nitrogens is 2. The van der Waals surface area contributed by atoms with E-state index in [9.17, 15) is 23.1 Å². The van der Waals surface area contributed by atoms with E-state index in [0.29, 0.717) is 29.8 Å². The third-order valence-electron chi connectivity index (χ3n) is 7.49. The van der Waals surface area contributed by atoms with Gasteiger partial charge in [-0.2, -0.15) is 5.10 Å². The lowest BCUT2D eigenvalue weighted by molar-refractivity contribution is 0.0724. The normalized spacial score (nSPS) is 18.1. The summed E-state index contributed by atoms with van der Waals surface area (Å²) >= 11 is 5.90. The second-order valence-electron chi connectivity index (χ2n) is 10.2. The van der Waals surface area contributed by atoms with Gasteiger partial charge in [0, 0.05) is 43.3 Å². The fourth-order valence-electron chi connectivity index (χ4n) is 4.75. The quantitative estimate of drug-likeness (QED) is 0.433. The van der Waals surface area contributed by atoms with Crippen LogP contribution in [0.15, 0.2) is 24.3 Å². The fourth-order valence-corrected chi connectivity index (χ4v) is 7.43. The molecule has 2 aromatic rings. The number of sulfone groups is 1. The largest absolute Gasteiger partial charge is 0.395 e. The van der Waals surface area contributed by atoms with Crippen molar-refractivity contribution in [3.05, 3.63) is 51.8 Å². The van der Waals surface area contributed by atoms with Crippen LogP contribution in [-0.4, -0.2) is 75.3 Å². The third-order valence-corrected chi connectivity index (χ3v) is 11.1. The molecule has 12 heteroatoms. The lowest BCUT2D eigenvalue weighted by Crippen LogP contribution is -2.57. The third kappa shape index (κ3) is 4.42. The van der Waals surface area contributed by atoms with E-state index in [1.54, 1.807) is 19.2 Å². The fraction of sp³-hybridized carbons (Fsp3) is 0.542. The van der Waals surface area contributed by atoms with Crippen LogP contribution >= 0.6 is 11.6 Å². The first-order chi connectivity index (χ1) is 16.8. The second-order valence-corrected chi connectivity index (χ2v) is 13.5. The van der Waals surface area contributed by atoms with Gasteiger partial charge in [0.2, 0.25) is 0 Å². The standard InChI is InChI=1S/C24H32ClN5O5S/c1-23(2,18(26)13-31)36(34,35)24(9-10-24)14-30-11-8-17-19(28-29(3)20(17)22(30)33)21(32)27-12-15-4-6-16(25)7-5-15/h4-7,18,31H,8-14,26H2,1-3H3,(H,27,32)/t18-/m1/s1. The van der Waals surface area contributed by atoms with Crippen LogP contribution < -0.4 is 11.1 Å². The van der Waals surface area contributed by atoms with E-state index in [2.05, 4.69) is 10.4 Å². The number of hydrogen-bond donors (Lipinski definition) is 3. The highest BCUT2D eigenvalue weighted by Gasteiger charge is 2.62. The van der Waals surface area contributed by atoms with Crippen molar-refractivity contribution in [3.63, 3.8) is 0 Å². The minimum absolute atomic E-state index is 0.0401. The van der Waals surface area contributed by atoms with Gasteiger partial charge in [-0.15, -0.1) is 0 Å². The molecule has 196 valence electrons. The van der Waals surface area contributed by atoms with Crippen LogP contribution in [0.2, 0.25) is 5.02 Å². The van der Waals surface area contributed by atoms with Crippen LogP contribution in [0.4, 0.5) is 0 Å². The van der Waals surface area contributed by atoms with Crippen molar-refractivity contribution in [2.24, 2.45) is 12.8 Å². The zero-order valence-electron chi connectivity index (χ0n) is 20.6. The monoisotopic (exact) mass is 537 g/mol. The number of rotatable bonds is 9. The predicted octanol–water partition coefficient (Wildman–Crippen LogP) is 1.05. The lowest BCUT2D eigenvalue weighted by Gasteiger charge is -2.37. The molecule has 1 aromatic heterocycles. The Morgan fingerprint density at radius 2 is 1.94 bits per heavy atom. The average Bonchev–Trinajstić information content (AvgIpc) is 3.56. The molecule has 2 heterocycles. The number of nitrogens with two attached hydrogens (primary N) is 1. The number of nitrogens with one attached hydrogen (secondary N) is 1. The van der Waals surface area contributed by atoms with E-state index in [4.69, 9.17) is 17.3 Å². The summed E-state index contributed by atoms with van der Waals surface area (Å²) in [5, 5.41) is 17.2. The summed E-state index contributed by atoms with van der Waals surface area (Å²) in [4.78, 5) is 27.8. The first kappa shape index (κ1) is 26.6. The molecule has 1 atom stereocenters. The van der Waals surface area contributed by atoms with Gasteiger partial charge in [0.1, 0.15) is 5.69 Å². The van der Waals surface area contributed by atoms with Gasteiger partial charge in [0.15, 0.2) is 15.5 Å². The average molecular weight is 538 g/mol. The van der Waals surface area contributed by atoms with Crippen LogP contribution in [0.3, 0.4) is 0 Å². The molecule has 10 nitrogen and oxygen atoms in total. The van der Waals surface area contributed by atoms with E-state index < -0.39 is 32.0 Å². The van der Waals surface area contributed by atoms with Crippen LogP contribution in [0, 0.1) is 0 Å². The molecule has 2 amide bonds. The Kier molecular flexibility index (Phi) is 6.97. The lowest BCUT2D eigenvalue weighted by atomic mass is 10.0. The Morgan fingerprint density at radius 3 is 2.53 bits per heavy atom. The Bertz CT molecular complexity index is 1280. The van der Waals surface area contributed by atoms with E-state index >= 15 is 0 Å². The molecule has 0 radical (unpaired) electrons. The van der Waals surface area contributed by atoms with Gasteiger partial charge in [0.25, 0.3) is 11.8 Å². The SMILES string of the molecule is Cn1nc(C(=O)NCc2ccc(Cl)cc2)c2c1C(=O)N(CC1(S(=O)(=O)C(C)(C)[C@H](N)CO)CC1)CC2. The van der Waals surface area contributed by atoms with Gasteiger partial charge < -0.3 is 21.1 Å². The molecule has 1 fully saturated rings. The first-order valence-corrected chi connectivity index (χ1v) is 13.7. The van der Waals surface area contributed by atoms with Crippen molar-refractivity contribution in [1.82, 2.24) is 20.0 Å². The Labute approximate surface area is 215 Å². The molecule has 1 aromatic carbocycles. The van der Waals surface area contributed by atoms with Gasteiger partial charge in [-0.25, -0.2) is 8.42 Å². The van der Waals surface area contributed by atoms with Crippen molar-refractivity contribution in [2.75, 3.05) is 19.7 Å². The van der Waals surface area contributed by atoms with Crippen molar-refractivity contribution in [2.45, 2.75) is 55.2 Å². The molecular formula is C24H32ClN5O5S. The van der Waals surface area contributed by atoms with Gasteiger partial charge in [-0.3, -0.25) is 14.3 Å². The summed E-state index contributed by atoms with van der Waals surface area (Å²) < 4.78 is 26.0. The number of carbonyl (C=O) groups excluding carboxylic acids is 2. The number of hydrogen-bond acceptors (Lipinski definition) is 7. The number of amides is 2. The summed E-state index contributed by atoms with van der Waals surface area (Å²) in [5.41, 5.74) is 7.85. The molecule has 2 aliphatic rings. The maximum atomic E-state index is 13.5. The molecule has 1 aliphatic heterocycles. The van der Waals surface area contributed by atoms with E-state index in [0.717, 1.165) is 5.56 Å². The molecule has 36 heavy (non-hydrogen) atoms. The summed E-state index contributed by atoms with van der Waals surface area (Å²) in [6, 6.07) is 6.17. The highest BCUT2D eigenvalue weighted by molar-refractivity contribution is 7.94. The van der Waals surface area contributed by atoms with Gasteiger partial charge in [0.05, 0.1) is 16.1 Å². The number of benzene rings is 1. The van der Waals surface area contributed by atoms with E-state index in [-0.39, 0.29) is 42.8 Å². The van der Waals surface area contributed by atoms with Gasteiger partial charge in [-0.1, -0.05) is 23.7 Å². The first-order valence-electron chi connectivity index (χ1n) is 11.8. The minimum Gasteiger partial charge on any atom is -0.395 e. The van der Waals surface area contributed by atoms with Crippen molar-refractivity contribution in [3.8, 4) is 0 Å². The highest BCUT2D eigenvalue weighted by atomic mass is 35.5. The Balaban J connectivity index is 1.51. The van der Waals surface area contributed by atoms with Gasteiger partial charge in [-0.05, 0) is 50.8 Å². The summed E-state index contributed by atoms with van der Waals surface area (Å²) in [5.74, 6) is -0.738. The highest BCUT2D eigenvalue weighted by Crippen LogP contribution is 2.49. The summed E-state index contributed by atoms with van der Waals surface area (Å²) in [7, 11) is -2.17. The zero-order chi connectivity index (χ0) is 26.5. The molecule has 1 saturated carbocycles. The van der Waals surface area contributed by atoms with E-state index in [1.165, 1.54) is 23.4 Å². The zero-order valence-corrected chi connectivity index (χ0v) is 22.2. The van der Waals surface area contributed by atoms with Gasteiger partial charge >= 0.3 is 0 Å². The number of nitrogens with zero attached hydrogens (tertiary/aromatic N) is 3. The van der Waals surface area contributed by atoms with Crippen molar-refractivity contribution in [1.29, 1.82) is 0 Å². The molecule has 0 unspecified atom stereocenters. The van der Waals surface area contributed by atoms with Crippen LogP contribution in [0.25, 0.3) is 0 Å². The molecule has 0 saturated heterocycles. The molecule has 1 aliphatic carbocycles. The number of aliphatic hydroxyl groups excluding tert-OH is 1. The number of carbonyl (C=O) groups is 2. The second kappa shape index (κ2) is 9.44. The number of aryl methyl sites for hydroxylation is 1. The topological polar surface area (TPSA) is 148 Å². The molecule has 4 N–H and O–H groups in total. The smallest absolute Gasteiger partial charge is 0.272 e. The Hall–Kier alpha value is -2.47. The Morgan fingerprint density at radius 1 is 1.31 bits per heavy atom. The van der Waals surface area contributed by atoms with Crippen LogP contribution in [-0.2, 0) is 29.9 Å². The maximum Gasteiger partial charge on any atom is 0.272 e. The number of aliphatic hydroxyl groups is 1. The van der Waals surface area contributed by atoms with Crippen LogP contribution in [0.1, 0.15) is 58.8 Å². The van der Waals surface area contributed by atoms with Crippen LogP contribution in [0.5, 0.6) is 0 Å². The minimum atomic E-state index is -3.77. The number of fused-ring (bicyclic) bond motifs is 1. The van der Waals surface area contributed by atoms with Crippen molar-refractivity contribution >= 4 is 33.3 Å².